The van der Waals surface area contributed by atoms with Gasteiger partial charge in [0.15, 0.2) is 0 Å². The molecule has 4 heteroatoms. The minimum absolute atomic E-state index is 0.0747. The summed E-state index contributed by atoms with van der Waals surface area (Å²) in [7, 11) is -0.303. The second-order valence-electron chi connectivity index (χ2n) is 3.69. The fourth-order valence-corrected chi connectivity index (χ4v) is 4.10. The van der Waals surface area contributed by atoms with Crippen LogP contribution in [-0.2, 0) is 21.9 Å². The van der Waals surface area contributed by atoms with Crippen LogP contribution in [0, 0.1) is 0 Å². The maximum Gasteiger partial charge on any atom is 0.107 e. The van der Waals surface area contributed by atoms with Gasteiger partial charge in [0.05, 0.1) is 0 Å². The molecule has 0 spiro atoms. The topological polar surface area (TPSA) is 9.23 Å². The molecular weight excluding hydrogens is 243 g/mol. The zero-order valence-electron chi connectivity index (χ0n) is 9.36. The van der Waals surface area contributed by atoms with E-state index >= 15 is 0 Å². The summed E-state index contributed by atoms with van der Waals surface area (Å²) in [5.41, 5.74) is -0.0747. The van der Waals surface area contributed by atoms with E-state index in [1.807, 2.05) is 0 Å². The van der Waals surface area contributed by atoms with Crippen LogP contribution in [0.3, 0.4) is 0 Å². The monoisotopic (exact) mass is 262 g/mol. The highest BCUT2D eigenvalue weighted by Gasteiger charge is 2.31. The molecule has 1 atom stereocenters. The lowest BCUT2D eigenvalue weighted by Crippen LogP contribution is -2.25. The van der Waals surface area contributed by atoms with Crippen molar-refractivity contribution in [2.75, 3.05) is 0 Å². The van der Waals surface area contributed by atoms with E-state index in [2.05, 4.69) is 31.4 Å². The van der Waals surface area contributed by atoms with E-state index in [9.17, 15) is 0 Å². The summed E-state index contributed by atoms with van der Waals surface area (Å²) >= 11 is 6.86. The third-order valence-corrected chi connectivity index (χ3v) is 4.44. The predicted octanol–water partition coefficient (Wildman–Crippen LogP) is 4.35. The summed E-state index contributed by atoms with van der Waals surface area (Å²) in [5, 5.41) is 2.12. The van der Waals surface area contributed by atoms with Crippen LogP contribution in [-0.4, -0.2) is 0 Å². The van der Waals surface area contributed by atoms with Gasteiger partial charge in [-0.1, -0.05) is 44.6 Å². The molecule has 1 unspecified atom stereocenters. The standard InChI is InChI=1S/C11H19OPS2/c1-3-7-11(8-4-2,12-13-14)10-6-5-9-15-10/h5-6,9H,3-4,7-8,13H2,1-2H3. The van der Waals surface area contributed by atoms with E-state index in [0.717, 1.165) is 25.7 Å². The van der Waals surface area contributed by atoms with E-state index in [-0.39, 0.29) is 13.2 Å². The summed E-state index contributed by atoms with van der Waals surface area (Å²) in [4.78, 5) is 1.35. The van der Waals surface area contributed by atoms with Crippen molar-refractivity contribution in [3.05, 3.63) is 22.4 Å². The first-order chi connectivity index (χ1) is 7.29. The molecule has 15 heavy (non-hydrogen) atoms. The van der Waals surface area contributed by atoms with Crippen LogP contribution in [0.25, 0.3) is 0 Å². The Hall–Kier alpha value is 0.310. The minimum Gasteiger partial charge on any atom is -0.345 e. The lowest BCUT2D eigenvalue weighted by Gasteiger charge is -2.31. The predicted molar refractivity (Wildman–Crippen MR) is 74.0 cm³/mol. The third-order valence-electron chi connectivity index (χ3n) is 2.55. The van der Waals surface area contributed by atoms with Gasteiger partial charge in [0.2, 0.25) is 0 Å². The molecular formula is C11H19OPS2. The van der Waals surface area contributed by atoms with Gasteiger partial charge in [0.1, 0.15) is 5.60 Å². The fourth-order valence-electron chi connectivity index (χ4n) is 1.98. The second kappa shape index (κ2) is 6.80. The largest absolute Gasteiger partial charge is 0.345 e. The molecule has 1 nitrogen and oxygen atoms in total. The first kappa shape index (κ1) is 13.4. The molecule has 0 saturated carbocycles. The first-order valence-electron chi connectivity index (χ1n) is 5.44. The number of hydrogen-bond acceptors (Lipinski definition) is 3. The Balaban J connectivity index is 2.95. The SMILES string of the molecule is CCCC(CCC)(O[PH2]=S)c1cccs1. The zero-order chi connectivity index (χ0) is 11.1. The van der Waals surface area contributed by atoms with Crippen molar-refractivity contribution in [2.24, 2.45) is 0 Å². The Bertz CT molecular complexity index is 279. The Morgan fingerprint density at radius 1 is 1.40 bits per heavy atom. The summed E-state index contributed by atoms with van der Waals surface area (Å²) < 4.78 is 5.96. The van der Waals surface area contributed by atoms with E-state index in [1.165, 1.54) is 4.88 Å². The van der Waals surface area contributed by atoms with Gasteiger partial charge in [0, 0.05) is 12.5 Å². The van der Waals surface area contributed by atoms with Gasteiger partial charge in [-0.05, 0) is 24.3 Å². The highest BCUT2D eigenvalue weighted by Crippen LogP contribution is 2.40. The molecule has 0 aliphatic heterocycles. The normalized spacial score (nSPS) is 12.7. The third kappa shape index (κ3) is 3.39. The van der Waals surface area contributed by atoms with E-state index in [0.29, 0.717) is 0 Å². The fraction of sp³-hybridized carbons (Fsp3) is 0.636. The van der Waals surface area contributed by atoms with Crippen molar-refractivity contribution in [3.8, 4) is 0 Å². The highest BCUT2D eigenvalue weighted by molar-refractivity contribution is 7.94. The molecule has 0 N–H and O–H groups in total. The van der Waals surface area contributed by atoms with Gasteiger partial charge in [-0.2, -0.15) is 0 Å². The molecule has 86 valence electrons. The lowest BCUT2D eigenvalue weighted by atomic mass is 9.91. The van der Waals surface area contributed by atoms with Crippen LogP contribution < -0.4 is 0 Å². The lowest BCUT2D eigenvalue weighted by molar-refractivity contribution is 0.0716. The average Bonchev–Trinajstić information content (AvgIpc) is 2.72. The number of hydrogen-bond donors (Lipinski definition) is 0. The smallest absolute Gasteiger partial charge is 0.107 e. The number of rotatable bonds is 7. The van der Waals surface area contributed by atoms with Gasteiger partial charge >= 0.3 is 0 Å². The quantitative estimate of drug-likeness (QED) is 0.676. The molecule has 0 radical (unpaired) electrons. The molecule has 1 aromatic heterocycles. The van der Waals surface area contributed by atoms with Crippen molar-refractivity contribution in [2.45, 2.75) is 45.1 Å². The summed E-state index contributed by atoms with van der Waals surface area (Å²) in [6, 6.07) is 4.28. The van der Waals surface area contributed by atoms with E-state index < -0.39 is 0 Å². The molecule has 1 aromatic rings. The van der Waals surface area contributed by atoms with Crippen LogP contribution in [0.1, 0.15) is 44.4 Å². The maximum atomic E-state index is 5.96. The maximum absolute atomic E-state index is 5.96. The zero-order valence-corrected chi connectivity index (χ0v) is 12.2. The summed E-state index contributed by atoms with van der Waals surface area (Å²) in [6.45, 7) is 4.42. The van der Waals surface area contributed by atoms with Gasteiger partial charge in [0.25, 0.3) is 0 Å². The van der Waals surface area contributed by atoms with Crippen molar-refractivity contribution >= 4 is 30.7 Å². The van der Waals surface area contributed by atoms with Gasteiger partial charge < -0.3 is 4.52 Å². The minimum atomic E-state index is -0.303. The first-order valence-corrected chi connectivity index (χ1v) is 8.68. The molecule has 1 rings (SSSR count). The second-order valence-corrected chi connectivity index (χ2v) is 5.64. The molecule has 0 amide bonds. The van der Waals surface area contributed by atoms with Crippen molar-refractivity contribution < 1.29 is 4.52 Å². The Labute approximate surface area is 103 Å². The number of thiophene rings is 1. The van der Waals surface area contributed by atoms with Gasteiger partial charge in [-0.15, -0.1) is 11.3 Å². The Morgan fingerprint density at radius 2 is 2.07 bits per heavy atom. The van der Waals surface area contributed by atoms with Crippen molar-refractivity contribution in [1.82, 2.24) is 0 Å². The van der Waals surface area contributed by atoms with Crippen LogP contribution in [0.4, 0.5) is 0 Å². The molecule has 0 saturated heterocycles. The highest BCUT2D eigenvalue weighted by atomic mass is 32.4. The molecule has 0 aliphatic carbocycles. The van der Waals surface area contributed by atoms with Crippen LogP contribution in [0.5, 0.6) is 0 Å². The molecule has 0 aromatic carbocycles. The van der Waals surface area contributed by atoms with Gasteiger partial charge in [-0.25, -0.2) is 0 Å². The van der Waals surface area contributed by atoms with Gasteiger partial charge in [-0.3, -0.25) is 0 Å². The van der Waals surface area contributed by atoms with Crippen LogP contribution >= 0.6 is 18.9 Å². The Kier molecular flexibility index (Phi) is 6.06. The van der Waals surface area contributed by atoms with Crippen molar-refractivity contribution in [1.29, 1.82) is 0 Å². The Morgan fingerprint density at radius 3 is 2.47 bits per heavy atom. The molecule has 0 fully saturated rings. The van der Waals surface area contributed by atoms with E-state index in [1.54, 1.807) is 11.3 Å². The average molecular weight is 262 g/mol. The van der Waals surface area contributed by atoms with Crippen LogP contribution in [0.15, 0.2) is 17.5 Å². The summed E-state index contributed by atoms with van der Waals surface area (Å²) in [5.74, 6) is 0. The summed E-state index contributed by atoms with van der Waals surface area (Å²) in [6.07, 6.45) is 4.47. The van der Waals surface area contributed by atoms with Crippen molar-refractivity contribution in [3.63, 3.8) is 0 Å². The molecule has 0 bridgehead atoms. The molecule has 1 heterocycles. The molecule has 0 aliphatic rings. The van der Waals surface area contributed by atoms with Crippen LogP contribution in [0.2, 0.25) is 0 Å². The van der Waals surface area contributed by atoms with E-state index in [4.69, 9.17) is 16.3 Å².